The molecule has 2 aliphatic heterocycles. The van der Waals surface area contributed by atoms with Gasteiger partial charge in [0.1, 0.15) is 15.8 Å². The molecule has 4 heterocycles. The molecule has 0 atom stereocenters. The van der Waals surface area contributed by atoms with E-state index in [-0.39, 0.29) is 17.5 Å². The van der Waals surface area contributed by atoms with Crippen molar-refractivity contribution in [2.75, 3.05) is 18.0 Å². The van der Waals surface area contributed by atoms with E-state index in [2.05, 4.69) is 11.8 Å². The SMILES string of the molecule is Cc1ccc2nc(N3CCC(C)CC3)c(C=C3SC(=S)N(C4CCCC4)C3=O)c(=O)n2c1. The van der Waals surface area contributed by atoms with Gasteiger partial charge in [0.25, 0.3) is 11.5 Å². The maximum absolute atomic E-state index is 13.6. The number of hydrogen-bond acceptors (Lipinski definition) is 6. The number of fused-ring (bicyclic) bond motifs is 1. The lowest BCUT2D eigenvalue weighted by atomic mass is 9.99. The van der Waals surface area contributed by atoms with Crippen molar-refractivity contribution in [2.24, 2.45) is 5.92 Å². The average molecular weight is 469 g/mol. The Morgan fingerprint density at radius 2 is 1.84 bits per heavy atom. The van der Waals surface area contributed by atoms with Crippen molar-refractivity contribution < 1.29 is 4.79 Å². The number of aromatic nitrogens is 2. The van der Waals surface area contributed by atoms with Gasteiger partial charge < -0.3 is 4.90 Å². The van der Waals surface area contributed by atoms with Crippen LogP contribution in [0.1, 0.15) is 56.6 Å². The highest BCUT2D eigenvalue weighted by molar-refractivity contribution is 8.26. The number of nitrogens with zero attached hydrogens (tertiary/aromatic N) is 4. The summed E-state index contributed by atoms with van der Waals surface area (Å²) in [5.74, 6) is 1.28. The van der Waals surface area contributed by atoms with Crippen LogP contribution in [0.5, 0.6) is 0 Å². The molecular weight excluding hydrogens is 440 g/mol. The fourth-order valence-electron chi connectivity index (χ4n) is 4.92. The van der Waals surface area contributed by atoms with Crippen molar-refractivity contribution in [3.8, 4) is 0 Å². The predicted octanol–water partition coefficient (Wildman–Crippen LogP) is 4.38. The van der Waals surface area contributed by atoms with Gasteiger partial charge in [0.2, 0.25) is 0 Å². The van der Waals surface area contributed by atoms with Gasteiger partial charge in [0.05, 0.1) is 10.5 Å². The summed E-state index contributed by atoms with van der Waals surface area (Å²) < 4.78 is 2.20. The molecule has 2 saturated heterocycles. The van der Waals surface area contributed by atoms with Gasteiger partial charge in [-0.3, -0.25) is 18.9 Å². The number of carbonyl (C=O) groups excluding carboxylic acids is 1. The molecule has 3 fully saturated rings. The fourth-order valence-corrected chi connectivity index (χ4v) is 6.31. The van der Waals surface area contributed by atoms with Crippen molar-refractivity contribution in [3.63, 3.8) is 0 Å². The van der Waals surface area contributed by atoms with E-state index in [1.54, 1.807) is 15.4 Å². The molecule has 5 rings (SSSR count). The van der Waals surface area contributed by atoms with Gasteiger partial charge in [-0.15, -0.1) is 0 Å². The van der Waals surface area contributed by atoms with Crippen LogP contribution < -0.4 is 10.5 Å². The zero-order valence-electron chi connectivity index (χ0n) is 18.5. The van der Waals surface area contributed by atoms with Crippen LogP contribution in [0.3, 0.4) is 0 Å². The molecule has 8 heteroatoms. The molecule has 1 aliphatic carbocycles. The van der Waals surface area contributed by atoms with E-state index < -0.39 is 0 Å². The molecule has 32 heavy (non-hydrogen) atoms. The Morgan fingerprint density at radius 3 is 2.56 bits per heavy atom. The highest BCUT2D eigenvalue weighted by atomic mass is 32.2. The van der Waals surface area contributed by atoms with Gasteiger partial charge in [-0.1, -0.05) is 49.8 Å². The molecule has 6 nitrogen and oxygen atoms in total. The largest absolute Gasteiger partial charge is 0.356 e. The van der Waals surface area contributed by atoms with Crippen molar-refractivity contribution >= 4 is 51.7 Å². The number of hydrogen-bond donors (Lipinski definition) is 0. The minimum atomic E-state index is -0.140. The quantitative estimate of drug-likeness (QED) is 0.492. The van der Waals surface area contributed by atoms with E-state index in [0.717, 1.165) is 57.2 Å². The highest BCUT2D eigenvalue weighted by Gasteiger charge is 2.38. The maximum atomic E-state index is 13.6. The lowest BCUT2D eigenvalue weighted by molar-refractivity contribution is -0.123. The summed E-state index contributed by atoms with van der Waals surface area (Å²) in [7, 11) is 0. The number of amides is 1. The van der Waals surface area contributed by atoms with Crippen molar-refractivity contribution in [2.45, 2.75) is 58.4 Å². The highest BCUT2D eigenvalue weighted by Crippen LogP contribution is 2.38. The van der Waals surface area contributed by atoms with Gasteiger partial charge in [-0.2, -0.15) is 0 Å². The summed E-state index contributed by atoms with van der Waals surface area (Å²) in [6, 6.07) is 4.04. The third kappa shape index (κ3) is 3.88. The average Bonchev–Trinajstić information content (AvgIpc) is 3.39. The van der Waals surface area contributed by atoms with E-state index >= 15 is 0 Å². The zero-order chi connectivity index (χ0) is 22.4. The molecule has 0 bridgehead atoms. The minimum absolute atomic E-state index is 0.0705. The second-order valence-electron chi connectivity index (χ2n) is 9.25. The maximum Gasteiger partial charge on any atom is 0.267 e. The molecule has 0 aromatic carbocycles. The van der Waals surface area contributed by atoms with Crippen LogP contribution in [0, 0.1) is 12.8 Å². The number of carbonyl (C=O) groups is 1. The lowest BCUT2D eigenvalue weighted by Crippen LogP contribution is -2.37. The number of aryl methyl sites for hydroxylation is 1. The molecule has 1 saturated carbocycles. The third-order valence-corrected chi connectivity index (χ3v) is 8.19. The molecule has 0 unspecified atom stereocenters. The van der Waals surface area contributed by atoms with Gasteiger partial charge >= 0.3 is 0 Å². The summed E-state index contributed by atoms with van der Waals surface area (Å²) in [6.45, 7) is 5.94. The van der Waals surface area contributed by atoms with Crippen LogP contribution in [0.4, 0.5) is 5.82 Å². The number of piperidine rings is 1. The first-order chi connectivity index (χ1) is 15.4. The second-order valence-corrected chi connectivity index (χ2v) is 10.9. The Balaban J connectivity index is 1.61. The van der Waals surface area contributed by atoms with Gasteiger partial charge in [-0.05, 0) is 56.2 Å². The van der Waals surface area contributed by atoms with Crippen LogP contribution in [0.2, 0.25) is 0 Å². The topological polar surface area (TPSA) is 57.9 Å². The van der Waals surface area contributed by atoms with E-state index in [4.69, 9.17) is 17.2 Å². The van der Waals surface area contributed by atoms with Crippen LogP contribution >= 0.6 is 24.0 Å². The van der Waals surface area contributed by atoms with Crippen molar-refractivity contribution in [1.29, 1.82) is 0 Å². The smallest absolute Gasteiger partial charge is 0.267 e. The minimum Gasteiger partial charge on any atom is -0.356 e. The number of pyridine rings is 1. The van der Waals surface area contributed by atoms with Gasteiger partial charge in [0, 0.05) is 25.3 Å². The second kappa shape index (κ2) is 8.63. The van der Waals surface area contributed by atoms with Gasteiger partial charge in [-0.25, -0.2) is 4.98 Å². The Bertz CT molecular complexity index is 1170. The fraction of sp³-hybridized carbons (Fsp3) is 0.500. The number of rotatable bonds is 3. The zero-order valence-corrected chi connectivity index (χ0v) is 20.2. The Kier molecular flexibility index (Phi) is 5.84. The summed E-state index contributed by atoms with van der Waals surface area (Å²) >= 11 is 6.87. The molecule has 3 aliphatic rings. The summed E-state index contributed by atoms with van der Waals surface area (Å²) in [6.07, 6.45) is 9.95. The molecule has 0 radical (unpaired) electrons. The summed E-state index contributed by atoms with van der Waals surface area (Å²) in [5, 5.41) is 0. The Labute approximate surface area is 197 Å². The first kappa shape index (κ1) is 21.6. The molecule has 0 spiro atoms. The Morgan fingerprint density at radius 1 is 1.12 bits per heavy atom. The lowest BCUT2D eigenvalue weighted by Gasteiger charge is -2.32. The standard InChI is InChI=1S/C24H28N4O2S2/c1-15-9-11-26(12-10-15)21-18(22(29)27-14-16(2)7-8-20(27)25-21)13-19-23(30)28(24(31)32-19)17-5-3-4-6-17/h7-8,13-15,17H,3-6,9-12H2,1-2H3. The summed E-state index contributed by atoms with van der Waals surface area (Å²) in [5.41, 5.74) is 1.96. The Hall–Kier alpha value is -2.19. The van der Waals surface area contributed by atoms with Crippen LogP contribution in [-0.2, 0) is 4.79 Å². The molecular formula is C24H28N4O2S2. The van der Waals surface area contributed by atoms with Crippen molar-refractivity contribution in [1.82, 2.24) is 14.3 Å². The molecule has 168 valence electrons. The van der Waals surface area contributed by atoms with E-state index in [1.165, 1.54) is 11.8 Å². The normalized spacial score (nSPS) is 22.1. The molecule has 2 aromatic heterocycles. The number of thiocarbonyl (C=S) groups is 1. The summed E-state index contributed by atoms with van der Waals surface area (Å²) in [4.78, 5) is 36.3. The predicted molar refractivity (Wildman–Crippen MR) is 134 cm³/mol. The van der Waals surface area contributed by atoms with Crippen LogP contribution in [0.25, 0.3) is 11.7 Å². The monoisotopic (exact) mass is 468 g/mol. The van der Waals surface area contributed by atoms with Crippen LogP contribution in [0.15, 0.2) is 28.0 Å². The number of anilines is 1. The molecule has 0 N–H and O–H groups in total. The molecule has 2 aromatic rings. The van der Waals surface area contributed by atoms with Crippen LogP contribution in [-0.4, -0.2) is 43.6 Å². The van der Waals surface area contributed by atoms with E-state index in [1.807, 2.05) is 25.3 Å². The first-order valence-electron chi connectivity index (χ1n) is 11.5. The van der Waals surface area contributed by atoms with E-state index in [0.29, 0.717) is 32.2 Å². The molecule has 1 amide bonds. The first-order valence-corrected chi connectivity index (χ1v) is 12.7. The van der Waals surface area contributed by atoms with Crippen molar-refractivity contribution in [3.05, 3.63) is 44.7 Å². The van der Waals surface area contributed by atoms with E-state index in [9.17, 15) is 9.59 Å². The van der Waals surface area contributed by atoms with Gasteiger partial charge in [0.15, 0.2) is 0 Å². The number of thioether (sulfide) groups is 1. The third-order valence-electron chi connectivity index (χ3n) is 6.86.